The van der Waals surface area contributed by atoms with Crippen LogP contribution in [-0.4, -0.2) is 11.1 Å². The molecule has 1 N–H and O–H groups in total. The van der Waals surface area contributed by atoms with Gasteiger partial charge in [0.2, 0.25) is 0 Å². The number of nitrogens with one attached hydrogen (secondary N) is 1. The van der Waals surface area contributed by atoms with Gasteiger partial charge in [0.05, 0.1) is 0 Å². The maximum atomic E-state index is 13.6. The van der Waals surface area contributed by atoms with Crippen LogP contribution in [0.4, 0.5) is 8.78 Å². The highest BCUT2D eigenvalue weighted by Crippen LogP contribution is 2.16. The minimum atomic E-state index is -0.545. The second-order valence-electron chi connectivity index (χ2n) is 5.03. The molecule has 0 radical (unpaired) electrons. The predicted octanol–water partition coefficient (Wildman–Crippen LogP) is 3.88. The fraction of sp³-hybridized carbons (Fsp3) is 0.375. The lowest BCUT2D eigenvalue weighted by Crippen LogP contribution is -2.18. The fourth-order valence-electron chi connectivity index (χ4n) is 2.14. The van der Waals surface area contributed by atoms with E-state index in [1.54, 1.807) is 0 Å². The average molecular weight is 278 g/mol. The first kappa shape index (κ1) is 14.7. The largest absolute Gasteiger partial charge is 0.349 e. The molecule has 0 aliphatic rings. The molecule has 2 nitrogen and oxygen atoms in total. The van der Waals surface area contributed by atoms with Gasteiger partial charge in [0.15, 0.2) is 0 Å². The van der Waals surface area contributed by atoms with Crippen molar-refractivity contribution >= 4 is 0 Å². The SMILES string of the molecule is CCCNC(C)c1ccn(Cc2ccc(F)cc2F)c1. The van der Waals surface area contributed by atoms with Crippen molar-refractivity contribution < 1.29 is 8.78 Å². The van der Waals surface area contributed by atoms with E-state index in [4.69, 9.17) is 0 Å². The van der Waals surface area contributed by atoms with Crippen LogP contribution in [0.25, 0.3) is 0 Å². The molecule has 108 valence electrons. The molecule has 1 aromatic heterocycles. The molecule has 1 aromatic carbocycles. The van der Waals surface area contributed by atoms with Crippen LogP contribution in [-0.2, 0) is 6.54 Å². The smallest absolute Gasteiger partial charge is 0.131 e. The van der Waals surface area contributed by atoms with Gasteiger partial charge in [-0.15, -0.1) is 0 Å². The Morgan fingerprint density at radius 1 is 1.25 bits per heavy atom. The molecular weight excluding hydrogens is 258 g/mol. The lowest BCUT2D eigenvalue weighted by molar-refractivity contribution is 0.562. The molecule has 1 heterocycles. The van der Waals surface area contributed by atoms with Crippen LogP contribution in [0.15, 0.2) is 36.7 Å². The standard InChI is InChI=1S/C16H20F2N2/c1-3-7-19-12(2)13-6-8-20(10-13)11-14-4-5-15(17)9-16(14)18/h4-6,8-10,12,19H,3,7,11H2,1-2H3. The molecule has 0 saturated heterocycles. The maximum absolute atomic E-state index is 13.6. The summed E-state index contributed by atoms with van der Waals surface area (Å²) < 4.78 is 28.4. The molecule has 0 fully saturated rings. The van der Waals surface area contributed by atoms with Crippen LogP contribution >= 0.6 is 0 Å². The van der Waals surface area contributed by atoms with E-state index in [-0.39, 0.29) is 6.04 Å². The van der Waals surface area contributed by atoms with E-state index in [1.165, 1.54) is 17.7 Å². The van der Waals surface area contributed by atoms with E-state index in [1.807, 2.05) is 23.0 Å². The molecule has 0 saturated carbocycles. The third-order valence-corrected chi connectivity index (χ3v) is 3.34. The van der Waals surface area contributed by atoms with E-state index >= 15 is 0 Å². The first-order valence-electron chi connectivity index (χ1n) is 6.93. The summed E-state index contributed by atoms with van der Waals surface area (Å²) in [6.45, 7) is 5.61. The second kappa shape index (κ2) is 6.66. The van der Waals surface area contributed by atoms with Crippen molar-refractivity contribution in [1.29, 1.82) is 0 Å². The second-order valence-corrected chi connectivity index (χ2v) is 5.03. The number of benzene rings is 1. The van der Waals surface area contributed by atoms with Gasteiger partial charge < -0.3 is 9.88 Å². The van der Waals surface area contributed by atoms with Crippen molar-refractivity contribution in [3.05, 3.63) is 59.4 Å². The molecular formula is C16H20F2N2. The molecule has 0 bridgehead atoms. The lowest BCUT2D eigenvalue weighted by atomic mass is 10.2. The summed E-state index contributed by atoms with van der Waals surface area (Å²) in [5.74, 6) is -1.05. The Hall–Kier alpha value is -1.68. The van der Waals surface area contributed by atoms with Crippen molar-refractivity contribution in [3.63, 3.8) is 0 Å². The Morgan fingerprint density at radius 3 is 2.75 bits per heavy atom. The van der Waals surface area contributed by atoms with Gasteiger partial charge in [0.1, 0.15) is 11.6 Å². The molecule has 0 spiro atoms. The monoisotopic (exact) mass is 278 g/mol. The maximum Gasteiger partial charge on any atom is 0.131 e. The number of aromatic nitrogens is 1. The third kappa shape index (κ3) is 3.67. The van der Waals surface area contributed by atoms with Gasteiger partial charge in [-0.05, 0) is 37.6 Å². The molecule has 0 aliphatic heterocycles. The quantitative estimate of drug-likeness (QED) is 0.848. The number of hydrogen-bond donors (Lipinski definition) is 1. The Morgan fingerprint density at radius 2 is 2.05 bits per heavy atom. The van der Waals surface area contributed by atoms with Gasteiger partial charge in [-0.3, -0.25) is 0 Å². The van der Waals surface area contributed by atoms with E-state index in [2.05, 4.69) is 19.2 Å². The number of rotatable bonds is 6. The molecule has 2 aromatic rings. The first-order valence-corrected chi connectivity index (χ1v) is 6.93. The molecule has 2 rings (SSSR count). The van der Waals surface area contributed by atoms with Gasteiger partial charge in [-0.25, -0.2) is 8.78 Å². The Bertz CT molecular complexity index is 563. The van der Waals surface area contributed by atoms with Crippen LogP contribution in [0.1, 0.15) is 37.4 Å². The minimum absolute atomic E-state index is 0.272. The number of hydrogen-bond acceptors (Lipinski definition) is 1. The van der Waals surface area contributed by atoms with Crippen LogP contribution < -0.4 is 5.32 Å². The Kier molecular flexibility index (Phi) is 4.90. The van der Waals surface area contributed by atoms with Crippen molar-refractivity contribution in [2.75, 3.05) is 6.54 Å². The molecule has 0 amide bonds. The Labute approximate surface area is 118 Å². The zero-order valence-corrected chi connectivity index (χ0v) is 11.9. The van der Waals surface area contributed by atoms with E-state index in [9.17, 15) is 8.78 Å². The van der Waals surface area contributed by atoms with Crippen LogP contribution in [0.5, 0.6) is 0 Å². The zero-order chi connectivity index (χ0) is 14.5. The van der Waals surface area contributed by atoms with Crippen molar-refractivity contribution in [3.8, 4) is 0 Å². The summed E-state index contributed by atoms with van der Waals surface area (Å²) in [5, 5.41) is 3.41. The molecule has 0 aliphatic carbocycles. The summed E-state index contributed by atoms with van der Waals surface area (Å²) in [7, 11) is 0. The van der Waals surface area contributed by atoms with Gasteiger partial charge in [0.25, 0.3) is 0 Å². The predicted molar refractivity (Wildman–Crippen MR) is 76.6 cm³/mol. The third-order valence-electron chi connectivity index (χ3n) is 3.34. The highest BCUT2D eigenvalue weighted by Gasteiger charge is 2.08. The fourth-order valence-corrected chi connectivity index (χ4v) is 2.14. The summed E-state index contributed by atoms with van der Waals surface area (Å²) in [6.07, 6.45) is 5.00. The highest BCUT2D eigenvalue weighted by atomic mass is 19.1. The highest BCUT2D eigenvalue weighted by molar-refractivity contribution is 5.21. The topological polar surface area (TPSA) is 17.0 Å². The minimum Gasteiger partial charge on any atom is -0.349 e. The van der Waals surface area contributed by atoms with Gasteiger partial charge in [0, 0.05) is 36.6 Å². The van der Waals surface area contributed by atoms with Gasteiger partial charge in [-0.1, -0.05) is 13.0 Å². The summed E-state index contributed by atoms with van der Waals surface area (Å²) in [6, 6.07) is 5.99. The van der Waals surface area contributed by atoms with Gasteiger partial charge >= 0.3 is 0 Å². The zero-order valence-electron chi connectivity index (χ0n) is 11.9. The van der Waals surface area contributed by atoms with Crippen molar-refractivity contribution in [1.82, 2.24) is 9.88 Å². The van der Waals surface area contributed by atoms with Crippen LogP contribution in [0.3, 0.4) is 0 Å². The van der Waals surface area contributed by atoms with Gasteiger partial charge in [-0.2, -0.15) is 0 Å². The van der Waals surface area contributed by atoms with E-state index < -0.39 is 11.6 Å². The molecule has 1 atom stereocenters. The van der Waals surface area contributed by atoms with Crippen LogP contribution in [0.2, 0.25) is 0 Å². The number of nitrogens with zero attached hydrogens (tertiary/aromatic N) is 1. The van der Waals surface area contributed by atoms with Crippen molar-refractivity contribution in [2.24, 2.45) is 0 Å². The van der Waals surface area contributed by atoms with E-state index in [0.29, 0.717) is 12.1 Å². The summed E-state index contributed by atoms with van der Waals surface area (Å²) in [5.41, 5.74) is 1.66. The molecule has 20 heavy (non-hydrogen) atoms. The van der Waals surface area contributed by atoms with E-state index in [0.717, 1.165) is 19.0 Å². The molecule has 4 heteroatoms. The van der Waals surface area contributed by atoms with Crippen molar-refractivity contribution in [2.45, 2.75) is 32.9 Å². The molecule has 1 unspecified atom stereocenters. The average Bonchev–Trinajstić information content (AvgIpc) is 2.88. The summed E-state index contributed by atoms with van der Waals surface area (Å²) >= 11 is 0. The first-order chi connectivity index (χ1) is 9.60. The van der Waals surface area contributed by atoms with Crippen LogP contribution in [0, 0.1) is 11.6 Å². The number of halogens is 2. The Balaban J connectivity index is 2.05. The normalized spacial score (nSPS) is 12.6. The lowest BCUT2D eigenvalue weighted by Gasteiger charge is -2.11. The summed E-state index contributed by atoms with van der Waals surface area (Å²) in [4.78, 5) is 0.